The van der Waals surface area contributed by atoms with Crippen molar-refractivity contribution in [2.75, 3.05) is 26.2 Å². The molecule has 116 valence electrons. The van der Waals surface area contributed by atoms with Crippen LogP contribution in [0.25, 0.3) is 0 Å². The lowest BCUT2D eigenvalue weighted by molar-refractivity contribution is -0.130. The van der Waals surface area contributed by atoms with E-state index in [1.807, 2.05) is 0 Å². The van der Waals surface area contributed by atoms with Gasteiger partial charge in [0, 0.05) is 22.3 Å². The third kappa shape index (κ3) is 3.30. The average molecular weight is 307 g/mol. The molecule has 1 aromatic heterocycles. The van der Waals surface area contributed by atoms with Gasteiger partial charge in [-0.25, -0.2) is 0 Å². The molecule has 2 aliphatic rings. The Kier molecular flexibility index (Phi) is 4.62. The van der Waals surface area contributed by atoms with Crippen LogP contribution < -0.4 is 5.32 Å². The minimum Gasteiger partial charge on any atom is -0.317 e. The summed E-state index contributed by atoms with van der Waals surface area (Å²) in [6.07, 6.45) is 4.02. The fourth-order valence-corrected chi connectivity index (χ4v) is 4.41. The molecule has 2 atom stereocenters. The Bertz CT molecular complexity index is 495. The van der Waals surface area contributed by atoms with Crippen LogP contribution in [0.5, 0.6) is 0 Å². The second-order valence-corrected chi connectivity index (χ2v) is 7.56. The molecule has 2 fully saturated rings. The molecule has 21 heavy (non-hydrogen) atoms. The standard InChI is InChI=1S/C16H25N3OS/c1-12(11-18-8-4-3-5-9-18)19-15(20)10-17-16(19)14-7-6-13(2)21-14/h6-7,12,16-17H,3-5,8-11H2,1-2H3. The van der Waals surface area contributed by atoms with Gasteiger partial charge in [-0.05, 0) is 51.9 Å². The van der Waals surface area contributed by atoms with Gasteiger partial charge in [0.1, 0.15) is 6.17 Å². The second-order valence-electron chi connectivity index (χ2n) is 6.24. The Labute approximate surface area is 131 Å². The lowest BCUT2D eigenvalue weighted by atomic mass is 10.1. The van der Waals surface area contributed by atoms with E-state index in [0.29, 0.717) is 6.54 Å². The Hall–Kier alpha value is -0.910. The monoisotopic (exact) mass is 307 g/mol. The SMILES string of the molecule is Cc1ccc(C2NCC(=O)N2C(C)CN2CCCCC2)s1. The van der Waals surface area contributed by atoms with Crippen LogP contribution in [0.4, 0.5) is 0 Å². The van der Waals surface area contributed by atoms with Crippen molar-refractivity contribution in [3.63, 3.8) is 0 Å². The largest absolute Gasteiger partial charge is 0.317 e. The summed E-state index contributed by atoms with van der Waals surface area (Å²) in [7, 11) is 0. The number of hydrogen-bond acceptors (Lipinski definition) is 4. The lowest BCUT2D eigenvalue weighted by Gasteiger charge is -2.35. The van der Waals surface area contributed by atoms with Gasteiger partial charge >= 0.3 is 0 Å². The van der Waals surface area contributed by atoms with Crippen LogP contribution in [0.3, 0.4) is 0 Å². The van der Waals surface area contributed by atoms with Gasteiger partial charge in [-0.2, -0.15) is 0 Å². The number of carbonyl (C=O) groups is 1. The van der Waals surface area contributed by atoms with Crippen molar-refractivity contribution in [3.8, 4) is 0 Å². The van der Waals surface area contributed by atoms with Crippen LogP contribution in [0.1, 0.15) is 42.1 Å². The van der Waals surface area contributed by atoms with Crippen molar-refractivity contribution in [2.45, 2.75) is 45.3 Å². The highest BCUT2D eigenvalue weighted by atomic mass is 32.1. The summed E-state index contributed by atoms with van der Waals surface area (Å²) in [4.78, 5) is 19.4. The van der Waals surface area contributed by atoms with E-state index in [9.17, 15) is 4.79 Å². The zero-order chi connectivity index (χ0) is 14.8. The normalized spacial score (nSPS) is 25.5. The van der Waals surface area contributed by atoms with Crippen molar-refractivity contribution in [3.05, 3.63) is 21.9 Å². The van der Waals surface area contributed by atoms with Crippen molar-refractivity contribution < 1.29 is 4.79 Å². The Morgan fingerprint density at radius 2 is 2.10 bits per heavy atom. The molecule has 3 rings (SSSR count). The summed E-state index contributed by atoms with van der Waals surface area (Å²) in [5.41, 5.74) is 0. The number of rotatable bonds is 4. The topological polar surface area (TPSA) is 35.6 Å². The summed E-state index contributed by atoms with van der Waals surface area (Å²) in [5, 5.41) is 3.37. The number of likely N-dealkylation sites (tertiary alicyclic amines) is 1. The smallest absolute Gasteiger partial charge is 0.238 e. The molecule has 2 saturated heterocycles. The van der Waals surface area contributed by atoms with Crippen LogP contribution in [0.2, 0.25) is 0 Å². The van der Waals surface area contributed by atoms with Crippen molar-refractivity contribution in [2.24, 2.45) is 0 Å². The maximum absolute atomic E-state index is 12.3. The number of amides is 1. The molecule has 0 spiro atoms. The van der Waals surface area contributed by atoms with E-state index >= 15 is 0 Å². The Morgan fingerprint density at radius 3 is 2.76 bits per heavy atom. The van der Waals surface area contributed by atoms with Gasteiger partial charge in [-0.15, -0.1) is 11.3 Å². The summed E-state index contributed by atoms with van der Waals surface area (Å²) in [6, 6.07) is 4.55. The number of aryl methyl sites for hydroxylation is 1. The van der Waals surface area contributed by atoms with Gasteiger partial charge in [0.25, 0.3) is 0 Å². The summed E-state index contributed by atoms with van der Waals surface area (Å²) in [5.74, 6) is 0.232. The minimum absolute atomic E-state index is 0.0657. The predicted molar refractivity (Wildman–Crippen MR) is 86.4 cm³/mol. The van der Waals surface area contributed by atoms with Gasteiger partial charge < -0.3 is 9.80 Å². The van der Waals surface area contributed by atoms with Gasteiger partial charge in [0.2, 0.25) is 5.91 Å². The van der Waals surface area contributed by atoms with E-state index < -0.39 is 0 Å². The van der Waals surface area contributed by atoms with E-state index in [2.05, 4.69) is 41.1 Å². The van der Waals surface area contributed by atoms with Crippen molar-refractivity contribution in [1.29, 1.82) is 0 Å². The first kappa shape index (κ1) is 15.0. The molecule has 1 aromatic rings. The van der Waals surface area contributed by atoms with E-state index in [0.717, 1.165) is 6.54 Å². The summed E-state index contributed by atoms with van der Waals surface area (Å²) in [6.45, 7) is 8.13. The second kappa shape index (κ2) is 6.46. The summed E-state index contributed by atoms with van der Waals surface area (Å²) < 4.78 is 0. The van der Waals surface area contributed by atoms with Crippen LogP contribution >= 0.6 is 11.3 Å². The highest BCUT2D eigenvalue weighted by Gasteiger charge is 2.36. The maximum Gasteiger partial charge on any atom is 0.238 e. The first-order chi connectivity index (χ1) is 10.1. The van der Waals surface area contributed by atoms with Gasteiger partial charge in [0.05, 0.1) is 6.54 Å². The molecule has 0 saturated carbocycles. The number of nitrogens with one attached hydrogen (secondary N) is 1. The number of nitrogens with zero attached hydrogens (tertiary/aromatic N) is 2. The molecule has 3 heterocycles. The third-order valence-corrected chi connectivity index (χ3v) is 5.54. The van der Waals surface area contributed by atoms with Crippen LogP contribution in [0, 0.1) is 6.92 Å². The Morgan fingerprint density at radius 1 is 1.33 bits per heavy atom. The van der Waals surface area contributed by atoms with Crippen LogP contribution in [-0.2, 0) is 4.79 Å². The molecule has 2 unspecified atom stereocenters. The zero-order valence-corrected chi connectivity index (χ0v) is 13.8. The lowest BCUT2D eigenvalue weighted by Crippen LogP contribution is -2.46. The van der Waals surface area contributed by atoms with Gasteiger partial charge in [0.15, 0.2) is 0 Å². The molecule has 0 aromatic carbocycles. The first-order valence-corrected chi connectivity index (χ1v) is 8.80. The van der Waals surface area contributed by atoms with Crippen LogP contribution in [0.15, 0.2) is 12.1 Å². The third-order valence-electron chi connectivity index (χ3n) is 4.49. The van der Waals surface area contributed by atoms with Crippen LogP contribution in [-0.4, -0.2) is 47.9 Å². The molecule has 5 heteroatoms. The van der Waals surface area contributed by atoms with Gasteiger partial charge in [-0.3, -0.25) is 10.1 Å². The van der Waals surface area contributed by atoms with E-state index in [4.69, 9.17) is 0 Å². The van der Waals surface area contributed by atoms with E-state index in [1.165, 1.54) is 42.1 Å². The Balaban J connectivity index is 1.69. The molecule has 1 N–H and O–H groups in total. The minimum atomic E-state index is 0.0657. The number of piperidine rings is 1. The van der Waals surface area contributed by atoms with Crippen molar-refractivity contribution >= 4 is 17.2 Å². The molecule has 2 aliphatic heterocycles. The molecule has 0 aliphatic carbocycles. The zero-order valence-electron chi connectivity index (χ0n) is 13.0. The number of thiophene rings is 1. The fourth-order valence-electron chi connectivity index (χ4n) is 3.46. The molecule has 0 radical (unpaired) electrons. The average Bonchev–Trinajstić information content (AvgIpc) is 3.06. The molecule has 0 bridgehead atoms. The fraction of sp³-hybridized carbons (Fsp3) is 0.688. The van der Waals surface area contributed by atoms with E-state index in [1.54, 1.807) is 11.3 Å². The predicted octanol–water partition coefficient (Wildman–Crippen LogP) is 2.36. The van der Waals surface area contributed by atoms with Gasteiger partial charge in [-0.1, -0.05) is 6.42 Å². The highest BCUT2D eigenvalue weighted by molar-refractivity contribution is 7.12. The first-order valence-electron chi connectivity index (χ1n) is 7.98. The molecule has 1 amide bonds. The molecular weight excluding hydrogens is 282 g/mol. The molecular formula is C16H25N3OS. The highest BCUT2D eigenvalue weighted by Crippen LogP contribution is 2.30. The molecule has 4 nitrogen and oxygen atoms in total. The maximum atomic E-state index is 12.3. The quantitative estimate of drug-likeness (QED) is 0.927. The number of carbonyl (C=O) groups excluding carboxylic acids is 1. The number of hydrogen-bond donors (Lipinski definition) is 1. The van der Waals surface area contributed by atoms with Crippen molar-refractivity contribution in [1.82, 2.24) is 15.1 Å². The summed E-state index contributed by atoms with van der Waals surface area (Å²) >= 11 is 1.78. The van der Waals surface area contributed by atoms with E-state index in [-0.39, 0.29) is 18.1 Å².